The first kappa shape index (κ1) is 14.0. The van der Waals surface area contributed by atoms with Gasteiger partial charge in [-0.25, -0.2) is 4.98 Å². The summed E-state index contributed by atoms with van der Waals surface area (Å²) in [4.78, 5) is 18.0. The van der Waals surface area contributed by atoms with E-state index in [-0.39, 0.29) is 5.91 Å². The number of hydrogen-bond acceptors (Lipinski definition) is 2. The summed E-state index contributed by atoms with van der Waals surface area (Å²) >= 11 is 5.93. The number of pyridine rings is 1. The van der Waals surface area contributed by atoms with Gasteiger partial charge in [0.2, 0.25) is 0 Å². The van der Waals surface area contributed by atoms with Crippen molar-refractivity contribution in [1.29, 1.82) is 0 Å². The maximum absolute atomic E-state index is 12.1. The zero-order valence-electron chi connectivity index (χ0n) is 10.7. The van der Waals surface area contributed by atoms with Gasteiger partial charge in [0.15, 0.2) is 0 Å². The second kappa shape index (κ2) is 6.60. The number of nitrogens with zero attached hydrogens (tertiary/aromatic N) is 2. The molecule has 4 heteroatoms. The van der Waals surface area contributed by atoms with Crippen LogP contribution in [-0.2, 0) is 6.42 Å². The van der Waals surface area contributed by atoms with Gasteiger partial charge >= 0.3 is 0 Å². The highest BCUT2D eigenvalue weighted by Crippen LogP contribution is 2.14. The van der Waals surface area contributed by atoms with Crippen molar-refractivity contribution >= 4 is 17.5 Å². The third-order valence-electron chi connectivity index (χ3n) is 2.51. The van der Waals surface area contributed by atoms with Crippen molar-refractivity contribution in [2.24, 2.45) is 0 Å². The molecule has 1 aromatic heterocycles. The highest BCUT2D eigenvalue weighted by atomic mass is 35.5. The lowest BCUT2D eigenvalue weighted by Gasteiger charge is -2.16. The minimum Gasteiger partial charge on any atom is -0.342 e. The lowest BCUT2D eigenvalue weighted by Crippen LogP contribution is -2.27. The Morgan fingerprint density at radius 3 is 2.65 bits per heavy atom. The molecule has 0 aliphatic carbocycles. The first-order chi connectivity index (χ1) is 8.08. The monoisotopic (exact) mass is 254 g/mol. The van der Waals surface area contributed by atoms with E-state index in [1.54, 1.807) is 18.0 Å². The van der Waals surface area contributed by atoms with Crippen LogP contribution in [0, 0.1) is 0 Å². The SMILES string of the molecule is CCCc1cc(C(=O)N(C)CCC)cc(Cl)n1. The molecule has 0 aliphatic rings. The zero-order chi connectivity index (χ0) is 12.8. The van der Waals surface area contributed by atoms with Crippen molar-refractivity contribution in [1.82, 2.24) is 9.88 Å². The fraction of sp³-hybridized carbons (Fsp3) is 0.538. The van der Waals surface area contributed by atoms with E-state index in [0.29, 0.717) is 10.7 Å². The molecular formula is C13H19ClN2O. The van der Waals surface area contributed by atoms with E-state index >= 15 is 0 Å². The molecule has 0 unspecified atom stereocenters. The van der Waals surface area contributed by atoms with Crippen LogP contribution in [0.4, 0.5) is 0 Å². The maximum atomic E-state index is 12.1. The van der Waals surface area contributed by atoms with Crippen LogP contribution in [-0.4, -0.2) is 29.4 Å². The molecule has 0 bridgehead atoms. The van der Waals surface area contributed by atoms with E-state index in [2.05, 4.69) is 11.9 Å². The Labute approximate surface area is 108 Å². The molecule has 0 saturated carbocycles. The first-order valence-electron chi connectivity index (χ1n) is 6.00. The van der Waals surface area contributed by atoms with Crippen molar-refractivity contribution in [3.63, 3.8) is 0 Å². The van der Waals surface area contributed by atoms with Crippen molar-refractivity contribution in [2.75, 3.05) is 13.6 Å². The van der Waals surface area contributed by atoms with Gasteiger partial charge in [-0.2, -0.15) is 0 Å². The van der Waals surface area contributed by atoms with Crippen molar-refractivity contribution in [3.8, 4) is 0 Å². The summed E-state index contributed by atoms with van der Waals surface area (Å²) in [5.74, 6) is 0.00787. The minimum absolute atomic E-state index is 0.00787. The molecule has 1 aromatic rings. The number of aromatic nitrogens is 1. The Bertz CT molecular complexity index is 393. The molecule has 0 aliphatic heterocycles. The van der Waals surface area contributed by atoms with Gasteiger partial charge in [0.05, 0.1) is 0 Å². The van der Waals surface area contributed by atoms with Gasteiger partial charge in [0, 0.05) is 24.8 Å². The molecule has 0 N–H and O–H groups in total. The summed E-state index contributed by atoms with van der Waals surface area (Å²) in [5.41, 5.74) is 1.51. The van der Waals surface area contributed by atoms with Crippen LogP contribution in [0.3, 0.4) is 0 Å². The molecule has 0 radical (unpaired) electrons. The Hall–Kier alpha value is -1.09. The van der Waals surface area contributed by atoms with Crippen LogP contribution in [0.15, 0.2) is 12.1 Å². The van der Waals surface area contributed by atoms with E-state index in [4.69, 9.17) is 11.6 Å². The normalized spacial score (nSPS) is 10.4. The molecule has 0 fully saturated rings. The lowest BCUT2D eigenvalue weighted by molar-refractivity contribution is 0.0795. The lowest BCUT2D eigenvalue weighted by atomic mass is 10.1. The van der Waals surface area contributed by atoms with E-state index in [0.717, 1.165) is 31.5 Å². The van der Waals surface area contributed by atoms with E-state index in [9.17, 15) is 4.79 Å². The number of carbonyl (C=O) groups excluding carboxylic acids is 1. The number of halogens is 1. The number of aryl methyl sites for hydroxylation is 1. The molecular weight excluding hydrogens is 236 g/mol. The molecule has 0 saturated heterocycles. The summed E-state index contributed by atoms with van der Waals surface area (Å²) in [6, 6.07) is 3.47. The van der Waals surface area contributed by atoms with Gasteiger partial charge in [0.25, 0.3) is 5.91 Å². The summed E-state index contributed by atoms with van der Waals surface area (Å²) in [7, 11) is 1.81. The third-order valence-corrected chi connectivity index (χ3v) is 2.70. The largest absolute Gasteiger partial charge is 0.342 e. The van der Waals surface area contributed by atoms with Crippen LogP contribution < -0.4 is 0 Å². The number of carbonyl (C=O) groups is 1. The highest BCUT2D eigenvalue weighted by molar-refractivity contribution is 6.29. The molecule has 0 aromatic carbocycles. The molecule has 1 amide bonds. The second-order valence-electron chi connectivity index (χ2n) is 4.15. The van der Waals surface area contributed by atoms with E-state index in [1.165, 1.54) is 0 Å². The average molecular weight is 255 g/mol. The highest BCUT2D eigenvalue weighted by Gasteiger charge is 2.12. The van der Waals surface area contributed by atoms with Crippen LogP contribution in [0.25, 0.3) is 0 Å². The van der Waals surface area contributed by atoms with Crippen LogP contribution in [0.5, 0.6) is 0 Å². The molecule has 3 nitrogen and oxygen atoms in total. The van der Waals surface area contributed by atoms with Gasteiger partial charge in [-0.15, -0.1) is 0 Å². The quantitative estimate of drug-likeness (QED) is 0.757. The summed E-state index contributed by atoms with van der Waals surface area (Å²) in [6.45, 7) is 4.88. The van der Waals surface area contributed by atoms with E-state index in [1.807, 2.05) is 13.0 Å². The van der Waals surface area contributed by atoms with Gasteiger partial charge < -0.3 is 4.90 Å². The number of hydrogen-bond donors (Lipinski definition) is 0. The van der Waals surface area contributed by atoms with Crippen LogP contribution in [0.2, 0.25) is 5.15 Å². The predicted octanol–water partition coefficient (Wildman–Crippen LogP) is 3.17. The fourth-order valence-electron chi connectivity index (χ4n) is 1.72. The first-order valence-corrected chi connectivity index (χ1v) is 6.38. The molecule has 0 atom stereocenters. The molecule has 0 spiro atoms. The third kappa shape index (κ3) is 4.00. The molecule has 17 heavy (non-hydrogen) atoms. The number of amides is 1. The van der Waals surface area contributed by atoms with Crippen molar-refractivity contribution < 1.29 is 4.79 Å². The van der Waals surface area contributed by atoms with Gasteiger partial charge in [0.1, 0.15) is 5.15 Å². The average Bonchev–Trinajstić information content (AvgIpc) is 2.28. The van der Waals surface area contributed by atoms with Gasteiger partial charge in [-0.3, -0.25) is 4.79 Å². The standard InChI is InChI=1S/C13H19ClN2O/c1-4-6-11-8-10(9-12(14)15-11)13(17)16(3)7-5-2/h8-9H,4-7H2,1-3H3. The zero-order valence-corrected chi connectivity index (χ0v) is 11.4. The second-order valence-corrected chi connectivity index (χ2v) is 4.53. The Morgan fingerprint density at radius 1 is 1.35 bits per heavy atom. The van der Waals surface area contributed by atoms with Crippen molar-refractivity contribution in [3.05, 3.63) is 28.5 Å². The Balaban J connectivity index is 2.92. The van der Waals surface area contributed by atoms with Crippen LogP contribution >= 0.6 is 11.6 Å². The Kier molecular flexibility index (Phi) is 5.42. The molecule has 1 rings (SSSR count). The van der Waals surface area contributed by atoms with Crippen molar-refractivity contribution in [2.45, 2.75) is 33.1 Å². The molecule has 94 valence electrons. The topological polar surface area (TPSA) is 33.2 Å². The number of rotatable bonds is 5. The summed E-state index contributed by atoms with van der Waals surface area (Å²) in [5, 5.41) is 0.393. The smallest absolute Gasteiger partial charge is 0.253 e. The minimum atomic E-state index is 0.00787. The summed E-state index contributed by atoms with van der Waals surface area (Å²) in [6.07, 6.45) is 2.78. The Morgan fingerprint density at radius 2 is 2.06 bits per heavy atom. The predicted molar refractivity (Wildman–Crippen MR) is 70.5 cm³/mol. The maximum Gasteiger partial charge on any atom is 0.253 e. The van der Waals surface area contributed by atoms with Gasteiger partial charge in [-0.1, -0.05) is 31.9 Å². The molecule has 1 heterocycles. The fourth-order valence-corrected chi connectivity index (χ4v) is 1.94. The summed E-state index contributed by atoms with van der Waals surface area (Å²) < 4.78 is 0. The van der Waals surface area contributed by atoms with E-state index < -0.39 is 0 Å². The van der Waals surface area contributed by atoms with Gasteiger partial charge in [-0.05, 0) is 25.0 Å². The van der Waals surface area contributed by atoms with Crippen LogP contribution in [0.1, 0.15) is 42.7 Å².